The van der Waals surface area contributed by atoms with Gasteiger partial charge in [0.15, 0.2) is 5.78 Å². The largest absolute Gasteiger partial charge is 0.343 e. The van der Waals surface area contributed by atoms with Gasteiger partial charge in [-0.25, -0.2) is 0 Å². The molecule has 0 aliphatic carbocycles. The van der Waals surface area contributed by atoms with E-state index in [1.54, 1.807) is 13.8 Å². The second-order valence-electron chi connectivity index (χ2n) is 5.27. The van der Waals surface area contributed by atoms with Gasteiger partial charge in [-0.2, -0.15) is 0 Å². The summed E-state index contributed by atoms with van der Waals surface area (Å²) in [7, 11) is 0. The topological polar surface area (TPSA) is 46.2 Å². The number of amides is 1. The molecule has 1 aliphatic heterocycles. The Hall–Kier alpha value is -1.64. The fourth-order valence-corrected chi connectivity index (χ4v) is 2.28. The monoisotopic (exact) mass is 231 g/mol. The quantitative estimate of drug-likeness (QED) is 0.750. The summed E-state index contributed by atoms with van der Waals surface area (Å²) < 4.78 is 0. The molecular weight excluding hydrogens is 214 g/mol. The van der Waals surface area contributed by atoms with Gasteiger partial charge in [0.25, 0.3) is 0 Å². The third-order valence-corrected chi connectivity index (χ3v) is 3.32. The Morgan fingerprint density at radius 1 is 1.18 bits per heavy atom. The van der Waals surface area contributed by atoms with Crippen LogP contribution < -0.4 is 5.32 Å². The van der Waals surface area contributed by atoms with Crippen molar-refractivity contribution < 1.29 is 9.59 Å². The number of ketones is 1. The molecule has 1 amide bonds. The lowest BCUT2D eigenvalue weighted by atomic mass is 9.86. The van der Waals surface area contributed by atoms with Crippen molar-refractivity contribution in [3.05, 3.63) is 34.9 Å². The van der Waals surface area contributed by atoms with Crippen LogP contribution in [0.4, 0.5) is 0 Å². The molecule has 1 unspecified atom stereocenters. The van der Waals surface area contributed by atoms with Crippen molar-refractivity contribution in [1.82, 2.24) is 5.32 Å². The minimum absolute atomic E-state index is 0.0452. The number of benzene rings is 1. The van der Waals surface area contributed by atoms with E-state index < -0.39 is 11.5 Å². The molecule has 1 saturated heterocycles. The summed E-state index contributed by atoms with van der Waals surface area (Å²) in [4.78, 5) is 24.2. The predicted octanol–water partition coefficient (Wildman–Crippen LogP) is 1.86. The highest BCUT2D eigenvalue weighted by Crippen LogP contribution is 2.31. The molecule has 1 aromatic carbocycles. The summed E-state index contributed by atoms with van der Waals surface area (Å²) in [5.74, 6) is -0.880. The molecule has 0 aromatic heterocycles. The lowest BCUT2D eigenvalue weighted by Gasteiger charge is -2.15. The number of carbonyl (C=O) groups is 2. The summed E-state index contributed by atoms with van der Waals surface area (Å²) in [6.07, 6.45) is 0. The highest BCUT2D eigenvalue weighted by molar-refractivity contribution is 6.16. The van der Waals surface area contributed by atoms with E-state index in [-0.39, 0.29) is 11.7 Å². The lowest BCUT2D eigenvalue weighted by molar-refractivity contribution is -0.125. The van der Waals surface area contributed by atoms with E-state index in [1.165, 1.54) is 0 Å². The number of hydrogen-bond donors (Lipinski definition) is 1. The molecule has 0 saturated carbocycles. The van der Waals surface area contributed by atoms with Gasteiger partial charge in [0.05, 0.1) is 5.54 Å². The van der Waals surface area contributed by atoms with Crippen LogP contribution in [-0.4, -0.2) is 17.2 Å². The first-order chi connectivity index (χ1) is 7.83. The number of hydrogen-bond acceptors (Lipinski definition) is 2. The first-order valence-corrected chi connectivity index (χ1v) is 5.76. The maximum atomic E-state index is 12.2. The third-order valence-electron chi connectivity index (χ3n) is 3.32. The van der Waals surface area contributed by atoms with Gasteiger partial charge in [-0.05, 0) is 38.8 Å². The first kappa shape index (κ1) is 11.8. The zero-order valence-electron chi connectivity index (χ0n) is 10.6. The molecule has 0 spiro atoms. The Morgan fingerprint density at radius 3 is 2.35 bits per heavy atom. The van der Waals surface area contributed by atoms with Crippen LogP contribution in [0.3, 0.4) is 0 Å². The molecule has 1 N–H and O–H groups in total. The van der Waals surface area contributed by atoms with E-state index in [4.69, 9.17) is 0 Å². The van der Waals surface area contributed by atoms with Crippen LogP contribution in [0.25, 0.3) is 0 Å². The smallest absolute Gasteiger partial charge is 0.235 e. The van der Waals surface area contributed by atoms with Crippen LogP contribution >= 0.6 is 0 Å². The number of carbonyl (C=O) groups excluding carboxylic acids is 2. The summed E-state index contributed by atoms with van der Waals surface area (Å²) in [5, 5.41) is 2.75. The zero-order valence-corrected chi connectivity index (χ0v) is 10.6. The van der Waals surface area contributed by atoms with Gasteiger partial charge >= 0.3 is 0 Å². The minimum Gasteiger partial charge on any atom is -0.343 e. The van der Waals surface area contributed by atoms with Crippen LogP contribution in [0.1, 0.15) is 36.5 Å². The number of aryl methyl sites for hydroxylation is 2. The average molecular weight is 231 g/mol. The SMILES string of the molecule is Cc1ccc(C)c(C2C(=O)NC(C)(C)C2=O)c1. The van der Waals surface area contributed by atoms with Gasteiger partial charge in [-0.15, -0.1) is 0 Å². The number of Topliss-reactive ketones (excluding diaryl/α,β-unsaturated/α-hetero) is 1. The predicted molar refractivity (Wildman–Crippen MR) is 65.9 cm³/mol. The van der Waals surface area contributed by atoms with Crippen molar-refractivity contribution in [1.29, 1.82) is 0 Å². The van der Waals surface area contributed by atoms with Crippen LogP contribution in [-0.2, 0) is 9.59 Å². The molecule has 1 atom stereocenters. The van der Waals surface area contributed by atoms with E-state index in [0.29, 0.717) is 0 Å². The maximum absolute atomic E-state index is 12.2. The molecule has 2 rings (SSSR count). The highest BCUT2D eigenvalue weighted by Gasteiger charge is 2.47. The van der Waals surface area contributed by atoms with Gasteiger partial charge in [0.2, 0.25) is 5.91 Å². The third kappa shape index (κ3) is 1.86. The Labute approximate surface area is 101 Å². The fourth-order valence-electron chi connectivity index (χ4n) is 2.28. The van der Waals surface area contributed by atoms with Crippen LogP contribution in [0.2, 0.25) is 0 Å². The number of nitrogens with one attached hydrogen (secondary N) is 1. The van der Waals surface area contributed by atoms with E-state index in [9.17, 15) is 9.59 Å². The van der Waals surface area contributed by atoms with Crippen LogP contribution in [0, 0.1) is 13.8 Å². The van der Waals surface area contributed by atoms with E-state index in [2.05, 4.69) is 5.32 Å². The lowest BCUT2D eigenvalue weighted by Crippen LogP contribution is -2.39. The van der Waals surface area contributed by atoms with Crippen molar-refractivity contribution >= 4 is 11.7 Å². The second-order valence-corrected chi connectivity index (χ2v) is 5.27. The summed E-state index contributed by atoms with van der Waals surface area (Å²) in [5.41, 5.74) is 2.13. The van der Waals surface area contributed by atoms with Gasteiger partial charge in [-0.1, -0.05) is 23.8 Å². The molecule has 1 aromatic rings. The van der Waals surface area contributed by atoms with Gasteiger partial charge in [0, 0.05) is 0 Å². The zero-order chi connectivity index (χ0) is 12.8. The molecule has 1 heterocycles. The van der Waals surface area contributed by atoms with Crippen molar-refractivity contribution in [3.63, 3.8) is 0 Å². The minimum atomic E-state index is -0.752. The Kier molecular flexibility index (Phi) is 2.57. The molecular formula is C14H17NO2. The molecule has 1 fully saturated rings. The standard InChI is InChI=1S/C14H17NO2/c1-8-5-6-9(2)10(7-8)11-12(16)14(3,4)15-13(11)17/h5-7,11H,1-4H3,(H,15,17). The van der Waals surface area contributed by atoms with Gasteiger partial charge in [-0.3, -0.25) is 9.59 Å². The maximum Gasteiger partial charge on any atom is 0.235 e. The summed E-state index contributed by atoms with van der Waals surface area (Å²) in [6.45, 7) is 7.39. The fraction of sp³-hybridized carbons (Fsp3) is 0.429. The van der Waals surface area contributed by atoms with Crippen molar-refractivity contribution in [3.8, 4) is 0 Å². The molecule has 3 heteroatoms. The normalized spacial score (nSPS) is 22.7. The summed E-state index contributed by atoms with van der Waals surface area (Å²) >= 11 is 0. The van der Waals surface area contributed by atoms with Crippen molar-refractivity contribution in [2.75, 3.05) is 0 Å². The highest BCUT2D eigenvalue weighted by atomic mass is 16.2. The first-order valence-electron chi connectivity index (χ1n) is 5.76. The molecule has 0 radical (unpaired) electrons. The Balaban J connectivity index is 2.51. The van der Waals surface area contributed by atoms with E-state index >= 15 is 0 Å². The Bertz CT molecular complexity index is 503. The molecule has 0 bridgehead atoms. The molecule has 17 heavy (non-hydrogen) atoms. The molecule has 3 nitrogen and oxygen atoms in total. The summed E-state index contributed by atoms with van der Waals surface area (Å²) in [6, 6.07) is 5.87. The van der Waals surface area contributed by atoms with Crippen LogP contribution in [0.15, 0.2) is 18.2 Å². The Morgan fingerprint density at radius 2 is 1.82 bits per heavy atom. The van der Waals surface area contributed by atoms with E-state index in [1.807, 2.05) is 32.0 Å². The average Bonchev–Trinajstić information content (AvgIpc) is 2.41. The van der Waals surface area contributed by atoms with Crippen LogP contribution in [0.5, 0.6) is 0 Å². The van der Waals surface area contributed by atoms with E-state index in [0.717, 1.165) is 16.7 Å². The van der Waals surface area contributed by atoms with Gasteiger partial charge < -0.3 is 5.32 Å². The van der Waals surface area contributed by atoms with Crippen molar-refractivity contribution in [2.24, 2.45) is 0 Å². The second kappa shape index (κ2) is 3.69. The number of rotatable bonds is 1. The van der Waals surface area contributed by atoms with Gasteiger partial charge in [0.1, 0.15) is 5.92 Å². The molecule has 1 aliphatic rings. The molecule has 90 valence electrons. The van der Waals surface area contributed by atoms with Crippen molar-refractivity contribution in [2.45, 2.75) is 39.2 Å².